The third-order valence-electron chi connectivity index (χ3n) is 3.10. The number of fused-ring (bicyclic) bond motifs is 1. The van der Waals surface area contributed by atoms with Gasteiger partial charge in [-0.1, -0.05) is 23.4 Å². The molecule has 3 aromatic rings. The third kappa shape index (κ3) is 2.55. The Bertz CT molecular complexity index is 720. The molecule has 2 heterocycles. The predicted octanol–water partition coefficient (Wildman–Crippen LogP) is 2.15. The molecule has 0 saturated heterocycles. The van der Waals surface area contributed by atoms with Crippen LogP contribution in [0.25, 0.3) is 11.0 Å². The molecule has 0 aliphatic carbocycles. The zero-order valence-electron chi connectivity index (χ0n) is 11.1. The van der Waals surface area contributed by atoms with Crippen LogP contribution >= 0.6 is 11.3 Å². The lowest BCUT2D eigenvalue weighted by molar-refractivity contribution is -0.131. The molecule has 20 heavy (non-hydrogen) atoms. The molecule has 2 aromatic heterocycles. The maximum atomic E-state index is 12.2. The van der Waals surface area contributed by atoms with Crippen molar-refractivity contribution < 1.29 is 4.79 Å². The van der Waals surface area contributed by atoms with Crippen molar-refractivity contribution in [3.05, 3.63) is 46.7 Å². The summed E-state index contributed by atoms with van der Waals surface area (Å²) in [5.74, 6) is 0.0223. The number of para-hydroxylation sites is 1. The molecule has 5 nitrogen and oxygen atoms in total. The third-order valence-corrected chi connectivity index (χ3v) is 3.97. The van der Waals surface area contributed by atoms with Gasteiger partial charge in [0.1, 0.15) is 12.1 Å². The lowest BCUT2D eigenvalue weighted by Crippen LogP contribution is -2.29. The predicted molar refractivity (Wildman–Crippen MR) is 78.3 cm³/mol. The van der Waals surface area contributed by atoms with Gasteiger partial charge in [-0.15, -0.1) is 16.4 Å². The number of benzene rings is 1. The fourth-order valence-electron chi connectivity index (χ4n) is 2.01. The van der Waals surface area contributed by atoms with Gasteiger partial charge in [0.25, 0.3) is 0 Å². The monoisotopic (exact) mass is 286 g/mol. The molecule has 0 aliphatic heterocycles. The molecule has 0 N–H and O–H groups in total. The molecule has 1 aromatic carbocycles. The fourth-order valence-corrected chi connectivity index (χ4v) is 2.76. The number of carbonyl (C=O) groups excluding carboxylic acids is 1. The quantitative estimate of drug-likeness (QED) is 0.738. The number of aromatic nitrogens is 3. The summed E-state index contributed by atoms with van der Waals surface area (Å²) in [6, 6.07) is 11.7. The highest BCUT2D eigenvalue weighted by atomic mass is 32.1. The Hall–Kier alpha value is -2.21. The fraction of sp³-hybridized carbons (Fsp3) is 0.214. The highest BCUT2D eigenvalue weighted by molar-refractivity contribution is 7.09. The van der Waals surface area contributed by atoms with Crippen LogP contribution in [0.15, 0.2) is 41.8 Å². The lowest BCUT2D eigenvalue weighted by atomic mass is 10.3. The Labute approximate surface area is 120 Å². The average Bonchev–Trinajstić information content (AvgIpc) is 3.09. The molecule has 1 amide bonds. The first-order valence-electron chi connectivity index (χ1n) is 6.28. The van der Waals surface area contributed by atoms with Gasteiger partial charge < -0.3 is 4.90 Å². The van der Waals surface area contributed by atoms with Crippen LogP contribution in [0.4, 0.5) is 0 Å². The highest BCUT2D eigenvalue weighted by Gasteiger charge is 2.13. The maximum absolute atomic E-state index is 12.2. The van der Waals surface area contributed by atoms with E-state index in [1.54, 1.807) is 28.0 Å². The van der Waals surface area contributed by atoms with Crippen molar-refractivity contribution in [2.24, 2.45) is 0 Å². The van der Waals surface area contributed by atoms with Crippen LogP contribution in [-0.2, 0) is 17.9 Å². The van der Waals surface area contributed by atoms with E-state index in [2.05, 4.69) is 10.3 Å². The molecular formula is C14H14N4OS. The smallest absolute Gasteiger partial charge is 0.244 e. The summed E-state index contributed by atoms with van der Waals surface area (Å²) in [4.78, 5) is 15.1. The summed E-state index contributed by atoms with van der Waals surface area (Å²) in [6.07, 6.45) is 0. The molecule has 0 atom stereocenters. The van der Waals surface area contributed by atoms with E-state index in [4.69, 9.17) is 0 Å². The Kier molecular flexibility index (Phi) is 3.47. The molecule has 0 saturated carbocycles. The Morgan fingerprint density at radius 2 is 2.15 bits per heavy atom. The molecule has 0 bridgehead atoms. The largest absolute Gasteiger partial charge is 0.339 e. The maximum Gasteiger partial charge on any atom is 0.244 e. The van der Waals surface area contributed by atoms with E-state index in [9.17, 15) is 4.79 Å². The van der Waals surface area contributed by atoms with Gasteiger partial charge in [0.05, 0.1) is 12.1 Å². The molecular weight excluding hydrogens is 272 g/mol. The van der Waals surface area contributed by atoms with Crippen molar-refractivity contribution in [1.29, 1.82) is 0 Å². The van der Waals surface area contributed by atoms with Gasteiger partial charge in [0.2, 0.25) is 5.91 Å². The number of hydrogen-bond donors (Lipinski definition) is 0. The minimum absolute atomic E-state index is 0.0223. The minimum Gasteiger partial charge on any atom is -0.339 e. The zero-order valence-corrected chi connectivity index (χ0v) is 11.9. The zero-order chi connectivity index (χ0) is 13.9. The van der Waals surface area contributed by atoms with Crippen LogP contribution in [0.1, 0.15) is 4.88 Å². The van der Waals surface area contributed by atoms with E-state index in [0.29, 0.717) is 6.54 Å². The molecule has 0 aliphatic rings. The first-order chi connectivity index (χ1) is 9.74. The molecule has 102 valence electrons. The molecule has 3 rings (SSSR count). The van der Waals surface area contributed by atoms with Gasteiger partial charge in [-0.05, 0) is 23.6 Å². The van der Waals surface area contributed by atoms with E-state index in [-0.39, 0.29) is 12.5 Å². The Morgan fingerprint density at radius 3 is 2.95 bits per heavy atom. The van der Waals surface area contributed by atoms with E-state index in [1.807, 2.05) is 41.8 Å². The number of amides is 1. The summed E-state index contributed by atoms with van der Waals surface area (Å²) in [5.41, 5.74) is 1.69. The van der Waals surface area contributed by atoms with E-state index in [1.165, 1.54) is 4.88 Å². The summed E-state index contributed by atoms with van der Waals surface area (Å²) >= 11 is 1.65. The van der Waals surface area contributed by atoms with Crippen molar-refractivity contribution in [2.45, 2.75) is 13.1 Å². The van der Waals surface area contributed by atoms with Crippen molar-refractivity contribution in [3.8, 4) is 0 Å². The standard InChI is InChI=1S/C14H14N4OS/c1-17(9-11-5-4-8-20-11)14(19)10-18-13-7-3-2-6-12(13)15-16-18/h2-8H,9-10H2,1H3. The second-order valence-corrected chi connectivity index (χ2v) is 5.60. The first-order valence-corrected chi connectivity index (χ1v) is 7.16. The van der Waals surface area contributed by atoms with Crippen LogP contribution in [0.2, 0.25) is 0 Å². The number of rotatable bonds is 4. The van der Waals surface area contributed by atoms with E-state index < -0.39 is 0 Å². The number of carbonyl (C=O) groups is 1. The van der Waals surface area contributed by atoms with Crippen molar-refractivity contribution in [2.75, 3.05) is 7.05 Å². The van der Waals surface area contributed by atoms with Crippen LogP contribution in [0.5, 0.6) is 0 Å². The lowest BCUT2D eigenvalue weighted by Gasteiger charge is -2.16. The van der Waals surface area contributed by atoms with Crippen molar-refractivity contribution in [3.63, 3.8) is 0 Å². The van der Waals surface area contributed by atoms with Gasteiger partial charge in [0, 0.05) is 11.9 Å². The summed E-state index contributed by atoms with van der Waals surface area (Å²) in [6.45, 7) is 0.839. The number of thiophene rings is 1. The SMILES string of the molecule is CN(Cc1cccs1)C(=O)Cn1nnc2ccccc21. The molecule has 0 unspecified atom stereocenters. The second kappa shape index (κ2) is 5.42. The van der Waals surface area contributed by atoms with Crippen LogP contribution in [-0.4, -0.2) is 32.8 Å². The molecule has 0 spiro atoms. The van der Waals surface area contributed by atoms with Crippen LogP contribution in [0.3, 0.4) is 0 Å². The van der Waals surface area contributed by atoms with Gasteiger partial charge in [-0.3, -0.25) is 4.79 Å². The molecule has 6 heteroatoms. The Morgan fingerprint density at radius 1 is 1.30 bits per heavy atom. The van der Waals surface area contributed by atoms with Gasteiger partial charge >= 0.3 is 0 Å². The van der Waals surface area contributed by atoms with Crippen LogP contribution in [0, 0.1) is 0 Å². The summed E-state index contributed by atoms with van der Waals surface area (Å²) < 4.78 is 1.64. The first kappa shape index (κ1) is 12.8. The highest BCUT2D eigenvalue weighted by Crippen LogP contribution is 2.12. The molecule has 0 radical (unpaired) electrons. The minimum atomic E-state index is 0.0223. The van der Waals surface area contributed by atoms with Crippen molar-refractivity contribution in [1.82, 2.24) is 19.9 Å². The summed E-state index contributed by atoms with van der Waals surface area (Å²) in [5, 5.41) is 10.1. The van der Waals surface area contributed by atoms with Gasteiger partial charge in [-0.25, -0.2) is 4.68 Å². The van der Waals surface area contributed by atoms with Crippen LogP contribution < -0.4 is 0 Å². The van der Waals surface area contributed by atoms with Gasteiger partial charge in [0.15, 0.2) is 0 Å². The van der Waals surface area contributed by atoms with Crippen molar-refractivity contribution >= 4 is 28.3 Å². The Balaban J connectivity index is 1.72. The van der Waals surface area contributed by atoms with E-state index >= 15 is 0 Å². The van der Waals surface area contributed by atoms with Gasteiger partial charge in [-0.2, -0.15) is 0 Å². The second-order valence-electron chi connectivity index (χ2n) is 4.56. The normalized spacial score (nSPS) is 10.8. The number of hydrogen-bond acceptors (Lipinski definition) is 4. The van der Waals surface area contributed by atoms with E-state index in [0.717, 1.165) is 11.0 Å². The number of nitrogens with zero attached hydrogens (tertiary/aromatic N) is 4. The topological polar surface area (TPSA) is 51.0 Å². The number of likely N-dealkylation sites (N-methyl/N-ethyl adjacent to an activating group) is 1. The molecule has 0 fully saturated rings. The summed E-state index contributed by atoms with van der Waals surface area (Å²) in [7, 11) is 1.81. The average molecular weight is 286 g/mol.